The van der Waals surface area contributed by atoms with Gasteiger partial charge in [0.1, 0.15) is 40.6 Å². The standard InChI is InChI=1S/C29H35F2N3O4/c1-5-6-7-8-9-10-11-26(35)34-18(2)32-28-22(34)14-19(29(36)33(3)4)15-25(28)38-23-12-13-37-24-17-20(30)16-21(31)27(23)24/h14-17,23H,5-13H2,1-4H3/t23-/m0/s1. The fourth-order valence-corrected chi connectivity index (χ4v) is 4.90. The van der Waals surface area contributed by atoms with Crippen LogP contribution in [0, 0.1) is 18.6 Å². The van der Waals surface area contributed by atoms with E-state index in [0.717, 1.165) is 37.8 Å². The van der Waals surface area contributed by atoms with Crippen molar-refractivity contribution in [3.63, 3.8) is 0 Å². The largest absolute Gasteiger partial charge is 0.493 e. The van der Waals surface area contributed by atoms with Gasteiger partial charge in [0.15, 0.2) is 0 Å². The maximum Gasteiger partial charge on any atom is 0.253 e. The Morgan fingerprint density at radius 1 is 1.11 bits per heavy atom. The zero-order valence-corrected chi connectivity index (χ0v) is 22.5. The molecule has 2 heterocycles. The predicted molar refractivity (Wildman–Crippen MR) is 141 cm³/mol. The SMILES string of the molecule is CCCCCCCCC(=O)n1c(C)nc2c(O[C@H]3CCOc4cc(F)cc(F)c43)cc(C(=O)N(C)C)cc21. The molecule has 1 atom stereocenters. The number of carbonyl (C=O) groups is 2. The lowest BCUT2D eigenvalue weighted by Gasteiger charge is -2.27. The lowest BCUT2D eigenvalue weighted by atomic mass is 10.0. The van der Waals surface area contributed by atoms with Gasteiger partial charge in [-0.25, -0.2) is 13.8 Å². The average molecular weight is 528 g/mol. The van der Waals surface area contributed by atoms with E-state index < -0.39 is 17.7 Å². The first-order valence-electron chi connectivity index (χ1n) is 13.3. The lowest BCUT2D eigenvalue weighted by molar-refractivity contribution is 0.0824. The van der Waals surface area contributed by atoms with E-state index in [2.05, 4.69) is 11.9 Å². The van der Waals surface area contributed by atoms with Gasteiger partial charge >= 0.3 is 0 Å². The summed E-state index contributed by atoms with van der Waals surface area (Å²) in [6.45, 7) is 4.12. The number of fused-ring (bicyclic) bond motifs is 2. The molecule has 38 heavy (non-hydrogen) atoms. The molecule has 1 aromatic heterocycles. The van der Waals surface area contributed by atoms with Gasteiger partial charge in [0, 0.05) is 44.6 Å². The first-order chi connectivity index (χ1) is 18.2. The normalized spacial score (nSPS) is 14.7. The monoisotopic (exact) mass is 527 g/mol. The highest BCUT2D eigenvalue weighted by atomic mass is 19.1. The molecule has 3 aromatic rings. The molecule has 7 nitrogen and oxygen atoms in total. The maximum atomic E-state index is 14.8. The molecule has 1 aliphatic heterocycles. The third kappa shape index (κ3) is 5.81. The Kier molecular flexibility index (Phi) is 8.64. The number of ether oxygens (including phenoxy) is 2. The molecule has 204 valence electrons. The van der Waals surface area contributed by atoms with Crippen LogP contribution < -0.4 is 9.47 Å². The second-order valence-electron chi connectivity index (χ2n) is 9.99. The summed E-state index contributed by atoms with van der Waals surface area (Å²) in [5, 5.41) is 0. The van der Waals surface area contributed by atoms with E-state index in [9.17, 15) is 18.4 Å². The van der Waals surface area contributed by atoms with Gasteiger partial charge in [-0.05, 0) is 25.5 Å². The van der Waals surface area contributed by atoms with Crippen LogP contribution in [0.2, 0.25) is 0 Å². The summed E-state index contributed by atoms with van der Waals surface area (Å²) < 4.78 is 41.8. The number of rotatable bonds is 10. The summed E-state index contributed by atoms with van der Waals surface area (Å²) in [5.74, 6) is -1.05. The topological polar surface area (TPSA) is 73.7 Å². The van der Waals surface area contributed by atoms with E-state index in [-0.39, 0.29) is 35.5 Å². The number of amides is 1. The number of hydrogen-bond donors (Lipinski definition) is 0. The van der Waals surface area contributed by atoms with Crippen LogP contribution in [0.3, 0.4) is 0 Å². The van der Waals surface area contributed by atoms with Crippen LogP contribution in [0.1, 0.15) is 90.9 Å². The molecule has 2 aromatic carbocycles. The highest BCUT2D eigenvalue weighted by molar-refractivity contribution is 6.01. The van der Waals surface area contributed by atoms with Crippen molar-refractivity contribution in [1.29, 1.82) is 0 Å². The Balaban J connectivity index is 1.70. The summed E-state index contributed by atoms with van der Waals surface area (Å²) in [5.41, 5.74) is 1.31. The third-order valence-electron chi connectivity index (χ3n) is 6.82. The van der Waals surface area contributed by atoms with Crippen molar-refractivity contribution in [2.24, 2.45) is 0 Å². The number of imidazole rings is 1. The molecule has 4 rings (SSSR count). The summed E-state index contributed by atoms with van der Waals surface area (Å²) in [6, 6.07) is 5.15. The molecule has 0 bridgehead atoms. The molecular weight excluding hydrogens is 492 g/mol. The Bertz CT molecular complexity index is 1340. The molecule has 0 unspecified atom stereocenters. The van der Waals surface area contributed by atoms with Gasteiger partial charge in [0.2, 0.25) is 5.91 Å². The van der Waals surface area contributed by atoms with Gasteiger partial charge in [-0.15, -0.1) is 0 Å². The summed E-state index contributed by atoms with van der Waals surface area (Å²) in [7, 11) is 3.27. The number of nitrogens with zero attached hydrogens (tertiary/aromatic N) is 3. The Morgan fingerprint density at radius 3 is 2.58 bits per heavy atom. The van der Waals surface area contributed by atoms with Crippen molar-refractivity contribution in [3.8, 4) is 11.5 Å². The molecule has 0 saturated heterocycles. The van der Waals surface area contributed by atoms with E-state index in [0.29, 0.717) is 35.3 Å². The van der Waals surface area contributed by atoms with Crippen molar-refractivity contribution in [2.45, 2.75) is 71.3 Å². The van der Waals surface area contributed by atoms with Gasteiger partial charge in [-0.2, -0.15) is 0 Å². The lowest BCUT2D eigenvalue weighted by Crippen LogP contribution is -2.23. The molecule has 0 saturated carbocycles. The van der Waals surface area contributed by atoms with Gasteiger partial charge in [0.25, 0.3) is 5.91 Å². The second-order valence-corrected chi connectivity index (χ2v) is 9.99. The smallest absolute Gasteiger partial charge is 0.253 e. The minimum absolute atomic E-state index is 0.0892. The van der Waals surface area contributed by atoms with Crippen molar-refractivity contribution in [2.75, 3.05) is 20.7 Å². The molecule has 1 aliphatic rings. The van der Waals surface area contributed by atoms with Crippen molar-refractivity contribution in [1.82, 2.24) is 14.5 Å². The van der Waals surface area contributed by atoms with Crippen LogP contribution in [0.25, 0.3) is 11.0 Å². The van der Waals surface area contributed by atoms with E-state index in [4.69, 9.17) is 9.47 Å². The van der Waals surface area contributed by atoms with Gasteiger partial charge in [-0.3, -0.25) is 14.2 Å². The summed E-state index contributed by atoms with van der Waals surface area (Å²) >= 11 is 0. The zero-order chi connectivity index (χ0) is 27.4. The molecule has 0 spiro atoms. The number of aromatic nitrogens is 2. The Hall–Kier alpha value is -3.49. The fourth-order valence-electron chi connectivity index (χ4n) is 4.90. The van der Waals surface area contributed by atoms with Gasteiger partial charge in [0.05, 0.1) is 17.7 Å². The molecule has 0 aliphatic carbocycles. The zero-order valence-electron chi connectivity index (χ0n) is 22.5. The average Bonchev–Trinajstić information content (AvgIpc) is 3.21. The third-order valence-corrected chi connectivity index (χ3v) is 6.82. The number of halogens is 2. The number of aryl methyl sites for hydroxylation is 1. The molecule has 0 fully saturated rings. The minimum Gasteiger partial charge on any atom is -0.493 e. The first-order valence-corrected chi connectivity index (χ1v) is 13.3. The highest BCUT2D eigenvalue weighted by Crippen LogP contribution is 2.40. The van der Waals surface area contributed by atoms with Crippen molar-refractivity contribution < 1.29 is 27.8 Å². The number of benzene rings is 2. The maximum absolute atomic E-state index is 14.8. The Labute approximate surface area is 221 Å². The fraction of sp³-hybridized carbons (Fsp3) is 0.483. The second kappa shape index (κ2) is 11.9. The van der Waals surface area contributed by atoms with Crippen LogP contribution in [-0.2, 0) is 0 Å². The van der Waals surface area contributed by atoms with Crippen LogP contribution in [-0.4, -0.2) is 47.0 Å². The van der Waals surface area contributed by atoms with E-state index >= 15 is 0 Å². The Morgan fingerprint density at radius 2 is 1.84 bits per heavy atom. The number of unbranched alkanes of at least 4 members (excludes halogenated alkanes) is 5. The highest BCUT2D eigenvalue weighted by Gasteiger charge is 2.30. The van der Waals surface area contributed by atoms with Gasteiger partial charge in [-0.1, -0.05) is 39.0 Å². The van der Waals surface area contributed by atoms with Crippen LogP contribution >= 0.6 is 0 Å². The van der Waals surface area contributed by atoms with E-state index in [1.54, 1.807) is 33.2 Å². The number of carbonyl (C=O) groups excluding carboxylic acids is 2. The number of hydrogen-bond acceptors (Lipinski definition) is 5. The molecule has 9 heteroatoms. The summed E-state index contributed by atoms with van der Waals surface area (Å²) in [6.07, 6.45) is 6.28. The van der Waals surface area contributed by atoms with Crippen molar-refractivity contribution in [3.05, 3.63) is 52.9 Å². The van der Waals surface area contributed by atoms with Crippen LogP contribution in [0.5, 0.6) is 11.5 Å². The quantitative estimate of drug-likeness (QED) is 0.277. The van der Waals surface area contributed by atoms with Crippen LogP contribution in [0.15, 0.2) is 24.3 Å². The van der Waals surface area contributed by atoms with Crippen molar-refractivity contribution >= 4 is 22.8 Å². The molecular formula is C29H35F2N3O4. The minimum atomic E-state index is -0.781. The van der Waals surface area contributed by atoms with E-state index in [1.807, 2.05) is 0 Å². The predicted octanol–water partition coefficient (Wildman–Crippen LogP) is 6.62. The van der Waals surface area contributed by atoms with Crippen LogP contribution in [0.4, 0.5) is 8.78 Å². The molecule has 0 radical (unpaired) electrons. The first kappa shape index (κ1) is 27.5. The summed E-state index contributed by atoms with van der Waals surface area (Å²) in [4.78, 5) is 32.3. The van der Waals surface area contributed by atoms with Gasteiger partial charge < -0.3 is 14.4 Å². The molecule has 0 N–H and O–H groups in total. The van der Waals surface area contributed by atoms with E-state index in [1.165, 1.54) is 22.3 Å². The molecule has 1 amide bonds.